The van der Waals surface area contributed by atoms with E-state index in [9.17, 15) is 14.7 Å². The highest BCUT2D eigenvalue weighted by Crippen LogP contribution is 2.32. The van der Waals surface area contributed by atoms with Crippen LogP contribution in [0.3, 0.4) is 0 Å². The standard InChI is InChI=1S/C40H79NO3S.C8H16O2/c1-5-8-11-12-18-25-40(43)44-34-30-36(21-14-9-6-2)26-28-38(41(4)32-19-20-33-42)29-27-37(22-15-10-7-3)31-35-45-39-23-16-13-17-24-39;1-2-3-4-5-6-7-8(9)10/h36-39,42H,5-35H2,1-4H3;2-7H2,1H3,(H,9,10). The van der Waals surface area contributed by atoms with Crippen LogP contribution in [0.25, 0.3) is 0 Å². The maximum atomic E-state index is 12.4. The first-order valence-corrected chi connectivity index (χ1v) is 25.2. The van der Waals surface area contributed by atoms with Gasteiger partial charge in [-0.2, -0.15) is 11.8 Å². The number of unbranched alkanes of at least 4 members (excludes halogenated alkanes) is 13. The Morgan fingerprint density at radius 3 is 1.69 bits per heavy atom. The van der Waals surface area contributed by atoms with E-state index in [1.807, 2.05) is 0 Å². The van der Waals surface area contributed by atoms with Crippen LogP contribution < -0.4 is 0 Å². The highest BCUT2D eigenvalue weighted by molar-refractivity contribution is 7.99. The number of aliphatic hydroxyl groups excluding tert-OH is 1. The molecule has 0 spiro atoms. The molecule has 328 valence electrons. The fourth-order valence-electron chi connectivity index (χ4n) is 8.13. The van der Waals surface area contributed by atoms with Crippen LogP contribution in [0.5, 0.6) is 0 Å². The van der Waals surface area contributed by atoms with Gasteiger partial charge in [-0.1, -0.05) is 150 Å². The summed E-state index contributed by atoms with van der Waals surface area (Å²) in [6.07, 6.45) is 39.7. The highest BCUT2D eigenvalue weighted by atomic mass is 32.2. The van der Waals surface area contributed by atoms with Crippen molar-refractivity contribution >= 4 is 23.7 Å². The molecule has 55 heavy (non-hydrogen) atoms. The molecule has 0 radical (unpaired) electrons. The van der Waals surface area contributed by atoms with Crippen molar-refractivity contribution in [2.75, 3.05) is 32.6 Å². The maximum absolute atomic E-state index is 12.4. The van der Waals surface area contributed by atoms with Gasteiger partial charge in [0.25, 0.3) is 0 Å². The quantitative estimate of drug-likeness (QED) is 0.0475. The van der Waals surface area contributed by atoms with Crippen molar-refractivity contribution < 1.29 is 24.5 Å². The number of carbonyl (C=O) groups excluding carboxylic acids is 1. The number of ether oxygens (including phenoxy) is 1. The van der Waals surface area contributed by atoms with Crippen molar-refractivity contribution in [3.63, 3.8) is 0 Å². The number of rotatable bonds is 38. The Kier molecular flexibility index (Phi) is 40.8. The lowest BCUT2D eigenvalue weighted by atomic mass is 9.87. The van der Waals surface area contributed by atoms with E-state index in [0.29, 0.717) is 38.0 Å². The molecule has 3 unspecified atom stereocenters. The Balaban J connectivity index is 0.00000254. The molecule has 3 atom stereocenters. The zero-order chi connectivity index (χ0) is 40.6. The summed E-state index contributed by atoms with van der Waals surface area (Å²) in [4.78, 5) is 25.0. The fraction of sp³-hybridized carbons (Fsp3) is 0.958. The topological polar surface area (TPSA) is 87.1 Å². The molecule has 1 aliphatic carbocycles. The third-order valence-electron chi connectivity index (χ3n) is 12.0. The molecule has 0 aromatic heterocycles. The van der Waals surface area contributed by atoms with Gasteiger partial charge >= 0.3 is 11.9 Å². The van der Waals surface area contributed by atoms with E-state index in [1.165, 1.54) is 160 Å². The number of aliphatic carboxylic acids is 1. The largest absolute Gasteiger partial charge is 0.481 e. The van der Waals surface area contributed by atoms with Gasteiger partial charge in [0.15, 0.2) is 0 Å². The Hall–Kier alpha value is -0.790. The molecule has 0 bridgehead atoms. The Labute approximate surface area is 347 Å². The number of nitrogens with zero attached hydrogens (tertiary/aromatic N) is 1. The molecule has 2 N–H and O–H groups in total. The monoisotopic (exact) mass is 798 g/mol. The summed E-state index contributed by atoms with van der Waals surface area (Å²) in [7, 11) is 2.33. The highest BCUT2D eigenvalue weighted by Gasteiger charge is 2.21. The molecular weight excluding hydrogens is 703 g/mol. The number of hydrogen-bond acceptors (Lipinski definition) is 6. The van der Waals surface area contributed by atoms with Crippen LogP contribution in [0.2, 0.25) is 0 Å². The molecule has 1 fully saturated rings. The van der Waals surface area contributed by atoms with Crippen LogP contribution >= 0.6 is 11.8 Å². The predicted octanol–water partition coefficient (Wildman–Crippen LogP) is 14.2. The lowest BCUT2D eigenvalue weighted by molar-refractivity contribution is -0.144. The second-order valence-electron chi connectivity index (χ2n) is 17.1. The Bertz CT molecular complexity index is 822. The predicted molar refractivity (Wildman–Crippen MR) is 240 cm³/mol. The van der Waals surface area contributed by atoms with Crippen LogP contribution in [0.15, 0.2) is 0 Å². The van der Waals surface area contributed by atoms with Gasteiger partial charge in [0.2, 0.25) is 0 Å². The van der Waals surface area contributed by atoms with Gasteiger partial charge in [-0.15, -0.1) is 0 Å². The van der Waals surface area contributed by atoms with Gasteiger partial charge in [-0.25, -0.2) is 0 Å². The molecule has 1 aliphatic rings. The molecule has 0 aromatic rings. The lowest BCUT2D eigenvalue weighted by Crippen LogP contribution is -2.33. The van der Waals surface area contributed by atoms with Crippen molar-refractivity contribution in [2.24, 2.45) is 11.8 Å². The molecule has 7 heteroatoms. The summed E-state index contributed by atoms with van der Waals surface area (Å²) in [5.41, 5.74) is 0. The number of carboxylic acids is 1. The maximum Gasteiger partial charge on any atom is 0.305 e. The van der Waals surface area contributed by atoms with Gasteiger partial charge in [-0.3, -0.25) is 9.59 Å². The molecule has 0 aliphatic heterocycles. The summed E-state index contributed by atoms with van der Waals surface area (Å²) in [5.74, 6) is 2.21. The van der Waals surface area contributed by atoms with Crippen molar-refractivity contribution in [1.82, 2.24) is 4.90 Å². The van der Waals surface area contributed by atoms with Crippen molar-refractivity contribution in [3.8, 4) is 0 Å². The number of carbonyl (C=O) groups is 2. The van der Waals surface area contributed by atoms with E-state index in [0.717, 1.165) is 62.7 Å². The third kappa shape index (κ3) is 36.1. The summed E-state index contributed by atoms with van der Waals surface area (Å²) in [6, 6.07) is 0.614. The summed E-state index contributed by atoms with van der Waals surface area (Å²) in [6.45, 7) is 11.0. The lowest BCUT2D eigenvalue weighted by Gasteiger charge is -2.31. The second kappa shape index (κ2) is 41.4. The van der Waals surface area contributed by atoms with Gasteiger partial charge in [0.1, 0.15) is 0 Å². The molecular formula is C48H95NO5S. The summed E-state index contributed by atoms with van der Waals surface area (Å²) < 4.78 is 5.74. The Morgan fingerprint density at radius 1 is 0.618 bits per heavy atom. The zero-order valence-corrected chi connectivity index (χ0v) is 38.3. The average molecular weight is 798 g/mol. The smallest absolute Gasteiger partial charge is 0.305 e. The Morgan fingerprint density at radius 2 is 1.15 bits per heavy atom. The number of hydrogen-bond donors (Lipinski definition) is 2. The third-order valence-corrected chi connectivity index (χ3v) is 13.4. The molecule has 1 saturated carbocycles. The average Bonchev–Trinajstić information content (AvgIpc) is 3.18. The number of aliphatic hydroxyl groups is 1. The van der Waals surface area contributed by atoms with Crippen LogP contribution in [0.4, 0.5) is 0 Å². The van der Waals surface area contributed by atoms with E-state index in [2.05, 4.69) is 51.4 Å². The molecule has 6 nitrogen and oxygen atoms in total. The number of carboxylic acid groups (broad SMARTS) is 1. The van der Waals surface area contributed by atoms with Crippen LogP contribution in [0.1, 0.15) is 240 Å². The minimum atomic E-state index is -0.670. The fourth-order valence-corrected chi connectivity index (χ4v) is 9.60. The van der Waals surface area contributed by atoms with E-state index in [1.54, 1.807) is 0 Å². The SMILES string of the molecule is CCCCCCCC(=O)O.CCCCCCCC(=O)OCCC(CCCCC)CCC(CCC(CCCCC)CCSC1CCCCC1)N(C)CCCCO. The number of esters is 1. The minimum Gasteiger partial charge on any atom is -0.481 e. The molecule has 0 amide bonds. The molecule has 0 heterocycles. The summed E-state index contributed by atoms with van der Waals surface area (Å²) >= 11 is 2.29. The summed E-state index contributed by atoms with van der Waals surface area (Å²) in [5, 5.41) is 18.6. The van der Waals surface area contributed by atoms with E-state index < -0.39 is 5.97 Å². The van der Waals surface area contributed by atoms with Crippen molar-refractivity contribution in [1.29, 1.82) is 0 Å². The van der Waals surface area contributed by atoms with Gasteiger partial charge in [0, 0.05) is 30.7 Å². The number of thioether (sulfide) groups is 1. The van der Waals surface area contributed by atoms with Crippen molar-refractivity contribution in [3.05, 3.63) is 0 Å². The van der Waals surface area contributed by atoms with Crippen LogP contribution in [-0.4, -0.2) is 70.9 Å². The van der Waals surface area contributed by atoms with Crippen LogP contribution in [0, 0.1) is 11.8 Å². The van der Waals surface area contributed by atoms with Gasteiger partial charge in [0.05, 0.1) is 6.61 Å². The molecule has 0 saturated heterocycles. The first-order valence-electron chi connectivity index (χ1n) is 24.1. The van der Waals surface area contributed by atoms with Gasteiger partial charge < -0.3 is 19.8 Å². The molecule has 0 aromatic carbocycles. The van der Waals surface area contributed by atoms with Gasteiger partial charge in [-0.05, 0) is 108 Å². The van der Waals surface area contributed by atoms with E-state index in [-0.39, 0.29) is 5.97 Å². The first kappa shape index (κ1) is 54.2. The first-order chi connectivity index (χ1) is 26.8. The van der Waals surface area contributed by atoms with Crippen LogP contribution in [-0.2, 0) is 14.3 Å². The van der Waals surface area contributed by atoms with E-state index in [4.69, 9.17) is 9.84 Å². The van der Waals surface area contributed by atoms with E-state index >= 15 is 0 Å². The minimum absolute atomic E-state index is 0.0102. The zero-order valence-electron chi connectivity index (χ0n) is 37.4. The normalized spacial score (nSPS) is 15.0. The molecule has 1 rings (SSSR count). The van der Waals surface area contributed by atoms with Crippen molar-refractivity contribution in [2.45, 2.75) is 251 Å². The second-order valence-corrected chi connectivity index (χ2v) is 18.5.